The number of nitrogens with one attached hydrogen (secondary N) is 2. The number of hydrogen-bond donors (Lipinski definition) is 2. The van der Waals surface area contributed by atoms with Crippen LogP contribution in [0.1, 0.15) is 34.3 Å². The summed E-state index contributed by atoms with van der Waals surface area (Å²) >= 11 is 0. The Morgan fingerprint density at radius 2 is 2.03 bits per heavy atom. The molecule has 1 heterocycles. The molecule has 0 unspecified atom stereocenters. The van der Waals surface area contributed by atoms with Crippen LogP contribution in [0.4, 0.5) is 0 Å². The maximum absolute atomic E-state index is 13.0. The first-order valence-electron chi connectivity index (χ1n) is 10.1. The summed E-state index contributed by atoms with van der Waals surface area (Å²) in [6.45, 7) is 4.60. The Labute approximate surface area is 176 Å². The van der Waals surface area contributed by atoms with Gasteiger partial charge in [0.05, 0.1) is 19.3 Å². The van der Waals surface area contributed by atoms with Crippen molar-refractivity contribution in [2.45, 2.75) is 30.7 Å². The molecule has 0 atom stereocenters. The quantitative estimate of drug-likeness (QED) is 0.694. The van der Waals surface area contributed by atoms with Gasteiger partial charge in [0.1, 0.15) is 11.5 Å². The molecule has 156 valence electrons. The molecular weight excluding hydrogens is 380 g/mol. The monoisotopic (exact) mass is 406 g/mol. The lowest BCUT2D eigenvalue weighted by molar-refractivity contribution is -0.117. The number of carbonyl (C=O) groups is 2. The van der Waals surface area contributed by atoms with Crippen LogP contribution in [0.5, 0.6) is 11.5 Å². The Hall–Kier alpha value is -3.28. The number of benzene rings is 2. The first-order chi connectivity index (χ1) is 14.5. The molecule has 0 bridgehead atoms. The largest absolute Gasteiger partial charge is 0.497 e. The van der Waals surface area contributed by atoms with Crippen LogP contribution in [0.15, 0.2) is 55.1 Å². The van der Waals surface area contributed by atoms with Crippen molar-refractivity contribution >= 4 is 11.8 Å². The van der Waals surface area contributed by atoms with Gasteiger partial charge in [-0.1, -0.05) is 36.9 Å². The summed E-state index contributed by atoms with van der Waals surface area (Å²) in [4.78, 5) is 24.7. The van der Waals surface area contributed by atoms with E-state index in [4.69, 9.17) is 9.47 Å². The lowest BCUT2D eigenvalue weighted by Gasteiger charge is -2.48. The molecule has 0 saturated heterocycles. The molecule has 0 radical (unpaired) electrons. The highest BCUT2D eigenvalue weighted by atomic mass is 16.5. The first kappa shape index (κ1) is 20.0. The van der Waals surface area contributed by atoms with Gasteiger partial charge in [-0.25, -0.2) is 0 Å². The van der Waals surface area contributed by atoms with E-state index in [1.165, 1.54) is 6.08 Å². The molecule has 4 rings (SSSR count). The van der Waals surface area contributed by atoms with Gasteiger partial charge in [0, 0.05) is 30.0 Å². The third kappa shape index (κ3) is 3.77. The highest BCUT2D eigenvalue weighted by molar-refractivity contribution is 5.98. The Kier molecular flexibility index (Phi) is 5.48. The maximum atomic E-state index is 13.0. The molecule has 0 spiro atoms. The number of rotatable bonds is 7. The molecule has 1 aliphatic carbocycles. The SMILES string of the molecule is C=CC(=O)NCC1(c2ccccc2)CC(NC(=O)c2cc(OC)cc3c2OCC3)C1. The molecule has 6 nitrogen and oxygen atoms in total. The van der Waals surface area contributed by atoms with Crippen molar-refractivity contribution in [3.8, 4) is 11.5 Å². The van der Waals surface area contributed by atoms with Crippen LogP contribution in [0.3, 0.4) is 0 Å². The molecule has 2 aliphatic rings. The molecule has 6 heteroatoms. The Balaban J connectivity index is 1.48. The molecule has 2 aromatic carbocycles. The van der Waals surface area contributed by atoms with E-state index < -0.39 is 0 Å². The average Bonchev–Trinajstić information content (AvgIpc) is 3.23. The summed E-state index contributed by atoms with van der Waals surface area (Å²) < 4.78 is 11.0. The zero-order valence-electron chi connectivity index (χ0n) is 17.1. The van der Waals surface area contributed by atoms with E-state index in [1.54, 1.807) is 13.2 Å². The van der Waals surface area contributed by atoms with E-state index in [0.717, 1.165) is 30.4 Å². The Morgan fingerprint density at radius 1 is 1.27 bits per heavy atom. The van der Waals surface area contributed by atoms with Gasteiger partial charge < -0.3 is 20.1 Å². The molecule has 2 amide bonds. The van der Waals surface area contributed by atoms with Crippen molar-refractivity contribution in [3.05, 3.63) is 71.8 Å². The standard InChI is InChI=1S/C24H26N2O4/c1-3-21(27)25-15-24(17-7-5-4-6-8-17)13-18(14-24)26-23(28)20-12-19(29-2)11-16-9-10-30-22(16)20/h3-8,11-12,18H,1,9-10,13-15H2,2H3,(H,25,27)(H,26,28). The van der Waals surface area contributed by atoms with Gasteiger partial charge in [0.15, 0.2) is 0 Å². The number of amides is 2. The van der Waals surface area contributed by atoms with E-state index in [0.29, 0.717) is 30.2 Å². The number of hydrogen-bond acceptors (Lipinski definition) is 4. The third-order valence-electron chi connectivity index (χ3n) is 6.02. The number of carbonyl (C=O) groups excluding carboxylic acids is 2. The lowest BCUT2D eigenvalue weighted by Crippen LogP contribution is -2.57. The van der Waals surface area contributed by atoms with Gasteiger partial charge in [-0.2, -0.15) is 0 Å². The third-order valence-corrected chi connectivity index (χ3v) is 6.02. The molecular formula is C24H26N2O4. The van der Waals surface area contributed by atoms with E-state index in [2.05, 4.69) is 29.3 Å². The lowest BCUT2D eigenvalue weighted by atomic mass is 9.61. The van der Waals surface area contributed by atoms with Crippen molar-refractivity contribution < 1.29 is 19.1 Å². The molecule has 0 aromatic heterocycles. The van der Waals surface area contributed by atoms with Crippen molar-refractivity contribution in [3.63, 3.8) is 0 Å². The van der Waals surface area contributed by atoms with E-state index >= 15 is 0 Å². The van der Waals surface area contributed by atoms with Crippen molar-refractivity contribution in [2.24, 2.45) is 0 Å². The second kappa shape index (κ2) is 8.22. The molecule has 2 aromatic rings. The maximum Gasteiger partial charge on any atom is 0.255 e. The fourth-order valence-electron chi connectivity index (χ4n) is 4.42. The Morgan fingerprint density at radius 3 is 2.73 bits per heavy atom. The van der Waals surface area contributed by atoms with Gasteiger partial charge in [-0.3, -0.25) is 9.59 Å². The average molecular weight is 406 g/mol. The van der Waals surface area contributed by atoms with Gasteiger partial charge in [0.2, 0.25) is 5.91 Å². The highest BCUT2D eigenvalue weighted by Gasteiger charge is 2.46. The number of methoxy groups -OCH3 is 1. The minimum Gasteiger partial charge on any atom is -0.497 e. The summed E-state index contributed by atoms with van der Waals surface area (Å²) in [7, 11) is 1.59. The van der Waals surface area contributed by atoms with Crippen LogP contribution < -0.4 is 20.1 Å². The summed E-state index contributed by atoms with van der Waals surface area (Å²) in [5, 5.41) is 6.05. The predicted molar refractivity (Wildman–Crippen MR) is 114 cm³/mol. The molecule has 30 heavy (non-hydrogen) atoms. The first-order valence-corrected chi connectivity index (χ1v) is 10.1. The molecule has 1 saturated carbocycles. The second-order valence-electron chi connectivity index (χ2n) is 7.91. The number of fused-ring (bicyclic) bond motifs is 1. The molecule has 2 N–H and O–H groups in total. The van der Waals surface area contributed by atoms with E-state index in [-0.39, 0.29) is 23.3 Å². The minimum atomic E-state index is -0.204. The van der Waals surface area contributed by atoms with Crippen LogP contribution >= 0.6 is 0 Å². The number of ether oxygens (including phenoxy) is 2. The fourth-order valence-corrected chi connectivity index (χ4v) is 4.42. The van der Waals surface area contributed by atoms with Crippen LogP contribution in [0, 0.1) is 0 Å². The van der Waals surface area contributed by atoms with E-state index in [1.807, 2.05) is 24.3 Å². The normalized spacial score (nSPS) is 21.6. The van der Waals surface area contributed by atoms with Crippen LogP contribution in [-0.4, -0.2) is 38.1 Å². The van der Waals surface area contributed by atoms with Crippen molar-refractivity contribution in [1.82, 2.24) is 10.6 Å². The zero-order chi connectivity index (χ0) is 21.1. The van der Waals surface area contributed by atoms with Crippen LogP contribution in [0.25, 0.3) is 0 Å². The summed E-state index contributed by atoms with van der Waals surface area (Å²) in [6, 6.07) is 13.8. The van der Waals surface area contributed by atoms with Crippen LogP contribution in [0.2, 0.25) is 0 Å². The summed E-state index contributed by atoms with van der Waals surface area (Å²) in [5.74, 6) is 0.958. The van der Waals surface area contributed by atoms with Crippen molar-refractivity contribution in [1.29, 1.82) is 0 Å². The summed E-state index contributed by atoms with van der Waals surface area (Å²) in [5.41, 5.74) is 2.47. The van der Waals surface area contributed by atoms with Crippen LogP contribution in [-0.2, 0) is 16.6 Å². The topological polar surface area (TPSA) is 76.7 Å². The van der Waals surface area contributed by atoms with Gasteiger partial charge in [0.25, 0.3) is 5.91 Å². The van der Waals surface area contributed by atoms with Gasteiger partial charge >= 0.3 is 0 Å². The van der Waals surface area contributed by atoms with Crippen molar-refractivity contribution in [2.75, 3.05) is 20.3 Å². The van der Waals surface area contributed by atoms with E-state index in [9.17, 15) is 9.59 Å². The Bertz CT molecular complexity index is 965. The second-order valence-corrected chi connectivity index (χ2v) is 7.91. The predicted octanol–water partition coefficient (Wildman–Crippen LogP) is 2.76. The zero-order valence-corrected chi connectivity index (χ0v) is 17.1. The molecule has 1 fully saturated rings. The fraction of sp³-hybridized carbons (Fsp3) is 0.333. The van der Waals surface area contributed by atoms with Gasteiger partial charge in [-0.15, -0.1) is 0 Å². The minimum absolute atomic E-state index is 0.0154. The molecule has 1 aliphatic heterocycles. The highest BCUT2D eigenvalue weighted by Crippen LogP contribution is 2.44. The summed E-state index contributed by atoms with van der Waals surface area (Å²) in [6.07, 6.45) is 3.54. The van der Waals surface area contributed by atoms with Gasteiger partial charge in [-0.05, 0) is 36.6 Å². The smallest absolute Gasteiger partial charge is 0.255 e.